The molecule has 0 saturated heterocycles. The van der Waals surface area contributed by atoms with Gasteiger partial charge < -0.3 is 9.55 Å². The minimum absolute atomic E-state index is 0.572. The van der Waals surface area contributed by atoms with E-state index in [1.54, 1.807) is 18.1 Å². The molecule has 1 aliphatic rings. The zero-order chi connectivity index (χ0) is 23.3. The van der Waals surface area contributed by atoms with Gasteiger partial charge in [-0.15, -0.1) is 10.2 Å². The summed E-state index contributed by atoms with van der Waals surface area (Å²) in [5.74, 6) is 1.79. The van der Waals surface area contributed by atoms with Gasteiger partial charge in [-0.3, -0.25) is 0 Å². The zero-order valence-electron chi connectivity index (χ0n) is 18.7. The molecule has 5 nitrogen and oxygen atoms in total. The molecule has 0 bridgehead atoms. The van der Waals surface area contributed by atoms with Gasteiger partial charge in [-0.1, -0.05) is 71.4 Å². The fourth-order valence-corrected chi connectivity index (χ4v) is 5.55. The Morgan fingerprint density at radius 2 is 1.91 bits per heavy atom. The molecular formula is C26H25Cl2N5S. The van der Waals surface area contributed by atoms with Crippen LogP contribution in [0.1, 0.15) is 41.1 Å². The van der Waals surface area contributed by atoms with E-state index in [2.05, 4.69) is 55.1 Å². The minimum atomic E-state index is 0.572. The summed E-state index contributed by atoms with van der Waals surface area (Å²) < 4.78 is 2.28. The van der Waals surface area contributed by atoms with Crippen molar-refractivity contribution in [3.8, 4) is 0 Å². The monoisotopic (exact) mass is 509 g/mol. The second-order valence-corrected chi connectivity index (χ2v) is 10.1. The highest BCUT2D eigenvalue weighted by Crippen LogP contribution is 2.31. The molecule has 5 rings (SSSR count). The number of fused-ring (bicyclic) bond motifs is 1. The summed E-state index contributed by atoms with van der Waals surface area (Å²) in [6.07, 6.45) is 10.7. The number of halogens is 2. The van der Waals surface area contributed by atoms with Gasteiger partial charge in [0.05, 0.1) is 16.4 Å². The Bertz CT molecular complexity index is 1300. The predicted octanol–water partition coefficient (Wildman–Crippen LogP) is 6.81. The summed E-state index contributed by atoms with van der Waals surface area (Å²) in [6, 6.07) is 14.4. The number of aryl methyl sites for hydroxylation is 2. The van der Waals surface area contributed by atoms with Gasteiger partial charge in [0.15, 0.2) is 5.16 Å². The van der Waals surface area contributed by atoms with Crippen molar-refractivity contribution in [1.29, 1.82) is 0 Å². The highest BCUT2D eigenvalue weighted by Gasteiger charge is 2.17. The third-order valence-corrected chi connectivity index (χ3v) is 7.85. The van der Waals surface area contributed by atoms with E-state index in [0.29, 0.717) is 10.0 Å². The molecule has 0 radical (unpaired) electrons. The van der Waals surface area contributed by atoms with Gasteiger partial charge in [0.2, 0.25) is 0 Å². The number of aromatic nitrogens is 5. The fraction of sp³-hybridized carbons (Fsp3) is 0.269. The Balaban J connectivity index is 1.29. The summed E-state index contributed by atoms with van der Waals surface area (Å²) in [4.78, 5) is 7.31. The SMILES string of the molecule is Clc1ccc(CSc2nnc(CCC3=CCc4ccccc43)n2CCCc2cnc[nH]2)cc1Cl. The third kappa shape index (κ3) is 5.40. The van der Waals surface area contributed by atoms with E-state index in [-0.39, 0.29) is 0 Å². The first-order valence-electron chi connectivity index (χ1n) is 11.4. The number of aromatic amines is 1. The number of H-pyrrole nitrogens is 1. The van der Waals surface area contributed by atoms with Gasteiger partial charge in [0.1, 0.15) is 5.82 Å². The number of nitrogens with zero attached hydrogens (tertiary/aromatic N) is 4. The molecule has 1 N–H and O–H groups in total. The lowest BCUT2D eigenvalue weighted by atomic mass is 10.0. The molecular weight excluding hydrogens is 485 g/mol. The molecule has 0 saturated carbocycles. The molecule has 8 heteroatoms. The van der Waals surface area contributed by atoms with E-state index in [0.717, 1.165) is 66.6 Å². The number of imidazole rings is 1. The molecule has 0 amide bonds. The maximum Gasteiger partial charge on any atom is 0.191 e. The minimum Gasteiger partial charge on any atom is -0.348 e. The summed E-state index contributed by atoms with van der Waals surface area (Å²) in [5.41, 5.74) is 6.46. The van der Waals surface area contributed by atoms with E-state index < -0.39 is 0 Å². The first-order valence-corrected chi connectivity index (χ1v) is 13.1. The molecule has 0 spiro atoms. The zero-order valence-corrected chi connectivity index (χ0v) is 21.0. The van der Waals surface area contributed by atoms with Crippen molar-refractivity contribution in [2.45, 2.75) is 49.6 Å². The molecule has 34 heavy (non-hydrogen) atoms. The average Bonchev–Trinajstić information content (AvgIpc) is 3.59. The fourth-order valence-electron chi connectivity index (χ4n) is 4.30. The number of allylic oxidation sites excluding steroid dienone is 2. The molecule has 4 aromatic rings. The number of rotatable bonds is 10. The smallest absolute Gasteiger partial charge is 0.191 e. The first kappa shape index (κ1) is 23.2. The highest BCUT2D eigenvalue weighted by molar-refractivity contribution is 7.98. The molecule has 1 aliphatic carbocycles. The van der Waals surface area contributed by atoms with Crippen LogP contribution < -0.4 is 0 Å². The summed E-state index contributed by atoms with van der Waals surface area (Å²) in [5, 5.41) is 11.2. The Morgan fingerprint density at radius 3 is 2.76 bits per heavy atom. The van der Waals surface area contributed by atoms with Gasteiger partial charge >= 0.3 is 0 Å². The molecule has 2 aromatic heterocycles. The van der Waals surface area contributed by atoms with E-state index in [1.165, 1.54) is 16.7 Å². The van der Waals surface area contributed by atoms with Gasteiger partial charge in [0, 0.05) is 30.6 Å². The van der Waals surface area contributed by atoms with Crippen molar-refractivity contribution < 1.29 is 0 Å². The number of nitrogens with one attached hydrogen (secondary N) is 1. The van der Waals surface area contributed by atoms with Crippen LogP contribution in [0, 0.1) is 0 Å². The average molecular weight is 510 g/mol. The molecule has 0 aliphatic heterocycles. The quantitative estimate of drug-likeness (QED) is 0.238. The number of benzene rings is 2. The maximum atomic E-state index is 6.20. The summed E-state index contributed by atoms with van der Waals surface area (Å²) in [6.45, 7) is 0.862. The van der Waals surface area contributed by atoms with Crippen molar-refractivity contribution in [3.63, 3.8) is 0 Å². The van der Waals surface area contributed by atoms with E-state index >= 15 is 0 Å². The van der Waals surface area contributed by atoms with Gasteiger partial charge in [-0.05, 0) is 60.1 Å². The van der Waals surface area contributed by atoms with Crippen molar-refractivity contribution in [1.82, 2.24) is 24.7 Å². The molecule has 2 heterocycles. The van der Waals surface area contributed by atoms with E-state index in [4.69, 9.17) is 23.2 Å². The predicted molar refractivity (Wildman–Crippen MR) is 139 cm³/mol. The van der Waals surface area contributed by atoms with Crippen LogP contribution in [0.25, 0.3) is 5.57 Å². The standard InChI is InChI=1S/C26H25Cl2N5S/c27-23-11-7-18(14-24(23)28)16-34-26-32-31-25(33(26)13-3-5-21-15-29-17-30-21)12-10-20-9-8-19-4-1-2-6-22(19)20/h1-2,4,6-7,9,11,14-15,17H,3,5,8,10,12-13,16H2,(H,29,30). The van der Waals surface area contributed by atoms with Crippen LogP contribution in [-0.4, -0.2) is 24.7 Å². The number of hydrogen-bond acceptors (Lipinski definition) is 4. The Kier molecular flexibility index (Phi) is 7.38. The van der Waals surface area contributed by atoms with Crippen molar-refractivity contribution >= 4 is 40.5 Å². The molecule has 0 atom stereocenters. The van der Waals surface area contributed by atoms with Crippen LogP contribution >= 0.6 is 35.0 Å². The normalized spacial score (nSPS) is 12.7. The topological polar surface area (TPSA) is 59.4 Å². The van der Waals surface area contributed by atoms with Crippen LogP contribution in [-0.2, 0) is 31.6 Å². The van der Waals surface area contributed by atoms with Crippen LogP contribution in [0.15, 0.2) is 66.2 Å². The molecule has 174 valence electrons. The van der Waals surface area contributed by atoms with Crippen molar-refractivity contribution in [2.24, 2.45) is 0 Å². The second-order valence-electron chi connectivity index (χ2n) is 8.36. The first-order chi connectivity index (χ1) is 16.7. The molecule has 0 fully saturated rings. The molecule has 2 aromatic carbocycles. The summed E-state index contributed by atoms with van der Waals surface area (Å²) >= 11 is 14.0. The van der Waals surface area contributed by atoms with Gasteiger partial charge in [-0.2, -0.15) is 0 Å². The maximum absolute atomic E-state index is 6.20. The van der Waals surface area contributed by atoms with E-state index in [9.17, 15) is 0 Å². The van der Waals surface area contributed by atoms with Crippen molar-refractivity contribution in [3.05, 3.63) is 99.3 Å². The van der Waals surface area contributed by atoms with Crippen LogP contribution in [0.2, 0.25) is 10.0 Å². The van der Waals surface area contributed by atoms with E-state index in [1.807, 2.05) is 24.4 Å². The van der Waals surface area contributed by atoms with Gasteiger partial charge in [0.25, 0.3) is 0 Å². The molecule has 0 unspecified atom stereocenters. The highest BCUT2D eigenvalue weighted by atomic mass is 35.5. The Labute approximate surface area is 213 Å². The number of thioether (sulfide) groups is 1. The second kappa shape index (κ2) is 10.8. The summed E-state index contributed by atoms with van der Waals surface area (Å²) in [7, 11) is 0. The van der Waals surface area contributed by atoms with Crippen LogP contribution in [0.4, 0.5) is 0 Å². The van der Waals surface area contributed by atoms with Crippen LogP contribution in [0.5, 0.6) is 0 Å². The lowest BCUT2D eigenvalue weighted by Gasteiger charge is -2.11. The Hall–Kier alpha value is -2.54. The Morgan fingerprint density at radius 1 is 1.00 bits per heavy atom. The number of hydrogen-bond donors (Lipinski definition) is 1. The van der Waals surface area contributed by atoms with Gasteiger partial charge in [-0.25, -0.2) is 4.98 Å². The largest absolute Gasteiger partial charge is 0.348 e. The van der Waals surface area contributed by atoms with Crippen LogP contribution in [0.3, 0.4) is 0 Å². The van der Waals surface area contributed by atoms with Crippen molar-refractivity contribution in [2.75, 3.05) is 0 Å². The lowest BCUT2D eigenvalue weighted by molar-refractivity contribution is 0.567. The third-order valence-electron chi connectivity index (χ3n) is 6.08. The lowest BCUT2D eigenvalue weighted by Crippen LogP contribution is -2.07.